The van der Waals surface area contributed by atoms with Crippen molar-refractivity contribution in [2.45, 2.75) is 32.3 Å². The summed E-state index contributed by atoms with van der Waals surface area (Å²) in [7, 11) is 0. The van der Waals surface area contributed by atoms with E-state index in [1.54, 1.807) is 6.92 Å². The molecule has 0 saturated heterocycles. The predicted octanol–water partition coefficient (Wildman–Crippen LogP) is 1.76. The largest absolute Gasteiger partial charge is 0.491 e. The van der Waals surface area contributed by atoms with Crippen LogP contribution in [0.25, 0.3) is 0 Å². The molecule has 2 N–H and O–H groups in total. The van der Waals surface area contributed by atoms with Crippen LogP contribution in [0, 0.1) is 0 Å². The average molecular weight is 224 g/mol. The molecule has 3 heteroatoms. The second kappa shape index (κ2) is 5.87. The highest BCUT2D eigenvalue weighted by Gasteiger charge is 2.18. The van der Waals surface area contributed by atoms with Gasteiger partial charge >= 0.3 is 0 Å². The van der Waals surface area contributed by atoms with E-state index in [0.29, 0.717) is 19.4 Å². The van der Waals surface area contributed by atoms with E-state index in [1.165, 1.54) is 0 Å². The first kappa shape index (κ1) is 13.0. The molecule has 0 heterocycles. The van der Waals surface area contributed by atoms with Crippen molar-refractivity contribution in [3.8, 4) is 5.75 Å². The van der Waals surface area contributed by atoms with Crippen molar-refractivity contribution >= 4 is 0 Å². The summed E-state index contributed by atoms with van der Waals surface area (Å²) in [4.78, 5) is 0. The molecule has 0 saturated carbocycles. The standard InChI is InChI=1S/C13H20O3/c1-3-13(2,15)10-16-12-6-4-11(5-7-12)8-9-14/h4-7,14-15H,3,8-10H2,1-2H3. The third kappa shape index (κ3) is 4.21. The SMILES string of the molecule is CCC(C)(O)COc1ccc(CCO)cc1. The fraction of sp³-hybridized carbons (Fsp3) is 0.538. The van der Waals surface area contributed by atoms with Gasteiger partial charge in [-0.3, -0.25) is 0 Å². The molecular weight excluding hydrogens is 204 g/mol. The third-order valence-corrected chi connectivity index (χ3v) is 2.64. The molecule has 16 heavy (non-hydrogen) atoms. The summed E-state index contributed by atoms with van der Waals surface area (Å²) in [5, 5.41) is 18.5. The number of hydrogen-bond acceptors (Lipinski definition) is 3. The van der Waals surface area contributed by atoms with Crippen LogP contribution in [0.5, 0.6) is 5.75 Å². The van der Waals surface area contributed by atoms with E-state index in [4.69, 9.17) is 9.84 Å². The highest BCUT2D eigenvalue weighted by atomic mass is 16.5. The number of aliphatic hydroxyl groups excluding tert-OH is 1. The Hall–Kier alpha value is -1.06. The fourth-order valence-electron chi connectivity index (χ4n) is 1.22. The zero-order chi connectivity index (χ0) is 12.0. The minimum atomic E-state index is -0.774. The van der Waals surface area contributed by atoms with E-state index in [2.05, 4.69) is 0 Å². The predicted molar refractivity (Wildman–Crippen MR) is 63.6 cm³/mol. The van der Waals surface area contributed by atoms with Gasteiger partial charge in [0.2, 0.25) is 0 Å². The van der Waals surface area contributed by atoms with Gasteiger partial charge in [-0.1, -0.05) is 19.1 Å². The Balaban J connectivity index is 2.49. The van der Waals surface area contributed by atoms with Gasteiger partial charge in [-0.25, -0.2) is 0 Å². The van der Waals surface area contributed by atoms with Crippen LogP contribution < -0.4 is 4.74 Å². The minimum Gasteiger partial charge on any atom is -0.491 e. The maximum absolute atomic E-state index is 9.77. The zero-order valence-corrected chi connectivity index (χ0v) is 9.94. The summed E-state index contributed by atoms with van der Waals surface area (Å²) in [6.45, 7) is 4.13. The van der Waals surface area contributed by atoms with Crippen molar-refractivity contribution in [2.24, 2.45) is 0 Å². The van der Waals surface area contributed by atoms with Crippen molar-refractivity contribution in [3.63, 3.8) is 0 Å². The van der Waals surface area contributed by atoms with Gasteiger partial charge in [0.1, 0.15) is 12.4 Å². The van der Waals surface area contributed by atoms with Gasteiger partial charge in [-0.05, 0) is 37.5 Å². The summed E-state index contributed by atoms with van der Waals surface area (Å²) in [6.07, 6.45) is 1.32. The molecule has 0 radical (unpaired) electrons. The van der Waals surface area contributed by atoms with Crippen molar-refractivity contribution in [1.82, 2.24) is 0 Å². The van der Waals surface area contributed by atoms with E-state index >= 15 is 0 Å². The Morgan fingerprint density at radius 2 is 1.88 bits per heavy atom. The maximum atomic E-state index is 9.77. The molecule has 90 valence electrons. The lowest BCUT2D eigenvalue weighted by molar-refractivity contribution is 0.00846. The average Bonchev–Trinajstić information content (AvgIpc) is 2.29. The van der Waals surface area contributed by atoms with Gasteiger partial charge in [-0.2, -0.15) is 0 Å². The van der Waals surface area contributed by atoms with E-state index in [0.717, 1.165) is 11.3 Å². The smallest absolute Gasteiger partial charge is 0.119 e. The molecule has 1 aromatic rings. The van der Waals surface area contributed by atoms with Gasteiger partial charge in [0, 0.05) is 6.61 Å². The van der Waals surface area contributed by atoms with Crippen molar-refractivity contribution in [1.29, 1.82) is 0 Å². The molecule has 1 atom stereocenters. The van der Waals surface area contributed by atoms with E-state index in [-0.39, 0.29) is 6.61 Å². The summed E-state index contributed by atoms with van der Waals surface area (Å²) in [6, 6.07) is 7.56. The number of aliphatic hydroxyl groups is 2. The number of hydrogen-bond donors (Lipinski definition) is 2. The first-order valence-electron chi connectivity index (χ1n) is 5.62. The summed E-state index contributed by atoms with van der Waals surface area (Å²) < 4.78 is 5.48. The van der Waals surface area contributed by atoms with E-state index in [1.807, 2.05) is 31.2 Å². The number of ether oxygens (including phenoxy) is 1. The molecule has 3 nitrogen and oxygen atoms in total. The van der Waals surface area contributed by atoms with Gasteiger partial charge in [0.25, 0.3) is 0 Å². The van der Waals surface area contributed by atoms with E-state index < -0.39 is 5.60 Å². The lowest BCUT2D eigenvalue weighted by Gasteiger charge is -2.21. The Morgan fingerprint density at radius 1 is 1.25 bits per heavy atom. The Bertz CT molecular complexity index is 303. The van der Waals surface area contributed by atoms with Crippen molar-refractivity contribution in [2.75, 3.05) is 13.2 Å². The second-order valence-corrected chi connectivity index (χ2v) is 4.26. The highest BCUT2D eigenvalue weighted by molar-refractivity contribution is 5.27. The van der Waals surface area contributed by atoms with Gasteiger partial charge in [-0.15, -0.1) is 0 Å². The fourth-order valence-corrected chi connectivity index (χ4v) is 1.22. The number of benzene rings is 1. The second-order valence-electron chi connectivity index (χ2n) is 4.26. The summed E-state index contributed by atoms with van der Waals surface area (Å²) >= 11 is 0. The zero-order valence-electron chi connectivity index (χ0n) is 9.94. The van der Waals surface area contributed by atoms with Gasteiger partial charge in [0.05, 0.1) is 5.60 Å². The minimum absolute atomic E-state index is 0.157. The molecule has 0 spiro atoms. The first-order chi connectivity index (χ1) is 7.57. The van der Waals surface area contributed by atoms with Crippen LogP contribution in [-0.4, -0.2) is 29.0 Å². The molecule has 0 aromatic heterocycles. The molecule has 0 fully saturated rings. The highest BCUT2D eigenvalue weighted by Crippen LogP contribution is 2.16. The van der Waals surface area contributed by atoms with Crippen LogP contribution in [0.3, 0.4) is 0 Å². The van der Waals surface area contributed by atoms with E-state index in [9.17, 15) is 5.11 Å². The molecule has 0 bridgehead atoms. The first-order valence-corrected chi connectivity index (χ1v) is 5.62. The molecule has 1 rings (SSSR count). The lowest BCUT2D eigenvalue weighted by Crippen LogP contribution is -2.31. The molecule has 0 aliphatic rings. The van der Waals surface area contributed by atoms with Crippen LogP contribution in [-0.2, 0) is 6.42 Å². The Labute approximate surface area is 96.7 Å². The Morgan fingerprint density at radius 3 is 2.38 bits per heavy atom. The molecule has 0 aliphatic heterocycles. The Kier molecular flexibility index (Phi) is 4.77. The summed E-state index contributed by atoms with van der Waals surface area (Å²) in [5.74, 6) is 0.746. The van der Waals surface area contributed by atoms with Crippen molar-refractivity contribution in [3.05, 3.63) is 29.8 Å². The monoisotopic (exact) mass is 224 g/mol. The third-order valence-electron chi connectivity index (χ3n) is 2.64. The topological polar surface area (TPSA) is 49.7 Å². The summed E-state index contributed by atoms with van der Waals surface area (Å²) in [5.41, 5.74) is 0.307. The van der Waals surface area contributed by atoms with Gasteiger partial charge in [0.15, 0.2) is 0 Å². The van der Waals surface area contributed by atoms with Crippen LogP contribution in [0.2, 0.25) is 0 Å². The van der Waals surface area contributed by atoms with Gasteiger partial charge < -0.3 is 14.9 Å². The molecule has 1 aromatic carbocycles. The van der Waals surface area contributed by atoms with Crippen LogP contribution in [0.1, 0.15) is 25.8 Å². The van der Waals surface area contributed by atoms with Crippen molar-refractivity contribution < 1.29 is 14.9 Å². The maximum Gasteiger partial charge on any atom is 0.119 e. The number of rotatable bonds is 6. The van der Waals surface area contributed by atoms with Crippen LogP contribution >= 0.6 is 0 Å². The molecular formula is C13H20O3. The van der Waals surface area contributed by atoms with Crippen LogP contribution in [0.15, 0.2) is 24.3 Å². The quantitative estimate of drug-likeness (QED) is 0.774. The lowest BCUT2D eigenvalue weighted by atomic mass is 10.1. The molecule has 0 amide bonds. The molecule has 1 unspecified atom stereocenters. The normalized spacial score (nSPS) is 14.5. The molecule has 0 aliphatic carbocycles. The van der Waals surface area contributed by atoms with Crippen LogP contribution in [0.4, 0.5) is 0 Å².